The number of ketones is 1. The molecule has 1 aromatic heterocycles. The molecular formula is C17H16ClF2NO. The number of hydrogen-bond acceptors (Lipinski definition) is 1. The summed E-state index contributed by atoms with van der Waals surface area (Å²) >= 11 is 6.23. The highest BCUT2D eigenvalue weighted by molar-refractivity contribution is 6.34. The minimum absolute atomic E-state index is 0.0143. The molecule has 0 N–H and O–H groups in total. The number of aromatic nitrogens is 1. The topological polar surface area (TPSA) is 22.0 Å². The molecule has 0 saturated heterocycles. The van der Waals surface area contributed by atoms with E-state index in [2.05, 4.69) is 0 Å². The van der Waals surface area contributed by atoms with Gasteiger partial charge in [0.2, 0.25) is 0 Å². The van der Waals surface area contributed by atoms with Gasteiger partial charge in [0.05, 0.1) is 5.02 Å². The van der Waals surface area contributed by atoms with Gasteiger partial charge in [-0.2, -0.15) is 0 Å². The predicted octanol–water partition coefficient (Wildman–Crippen LogP) is 4.57. The molecule has 0 fully saturated rings. The Morgan fingerprint density at radius 3 is 2.73 bits per heavy atom. The van der Waals surface area contributed by atoms with Crippen LogP contribution in [0.3, 0.4) is 0 Å². The molecule has 2 heterocycles. The SMILES string of the molecule is O=C(Cc1ccc(F)c(F)c1)c1c(Cl)cc2n1CCCCC2. The van der Waals surface area contributed by atoms with E-state index in [0.717, 1.165) is 50.1 Å². The van der Waals surface area contributed by atoms with E-state index in [1.54, 1.807) is 0 Å². The van der Waals surface area contributed by atoms with Crippen LogP contribution in [0.15, 0.2) is 24.3 Å². The van der Waals surface area contributed by atoms with E-state index in [0.29, 0.717) is 16.3 Å². The van der Waals surface area contributed by atoms with Crippen molar-refractivity contribution < 1.29 is 13.6 Å². The highest BCUT2D eigenvalue weighted by Crippen LogP contribution is 2.27. The Balaban J connectivity index is 1.89. The van der Waals surface area contributed by atoms with Gasteiger partial charge in [0.1, 0.15) is 5.69 Å². The molecule has 0 bridgehead atoms. The number of nitrogens with zero attached hydrogens (tertiary/aromatic N) is 1. The standard InChI is InChI=1S/C17H16ClF2NO/c18-13-10-12-4-2-1-3-7-21(12)17(13)16(22)9-11-5-6-14(19)15(20)8-11/h5-6,8,10H,1-4,7,9H2. The zero-order valence-corrected chi connectivity index (χ0v) is 12.8. The van der Waals surface area contributed by atoms with E-state index >= 15 is 0 Å². The predicted molar refractivity (Wildman–Crippen MR) is 81.4 cm³/mol. The number of rotatable bonds is 3. The van der Waals surface area contributed by atoms with E-state index in [1.807, 2.05) is 10.6 Å². The number of hydrogen-bond donors (Lipinski definition) is 0. The highest BCUT2D eigenvalue weighted by Gasteiger charge is 2.21. The Kier molecular flexibility index (Phi) is 4.30. The van der Waals surface area contributed by atoms with Crippen molar-refractivity contribution in [3.8, 4) is 0 Å². The van der Waals surface area contributed by atoms with Crippen LogP contribution in [0.4, 0.5) is 8.78 Å². The van der Waals surface area contributed by atoms with Crippen molar-refractivity contribution >= 4 is 17.4 Å². The van der Waals surface area contributed by atoms with Crippen LogP contribution in [0.25, 0.3) is 0 Å². The van der Waals surface area contributed by atoms with Crippen LogP contribution in [0, 0.1) is 11.6 Å². The van der Waals surface area contributed by atoms with Crippen LogP contribution in [0.1, 0.15) is 41.0 Å². The van der Waals surface area contributed by atoms with Gasteiger partial charge in [-0.1, -0.05) is 24.1 Å². The Hall–Kier alpha value is -1.68. The molecule has 2 aromatic rings. The second-order valence-corrected chi connectivity index (χ2v) is 6.05. The lowest BCUT2D eigenvalue weighted by atomic mass is 10.1. The first-order chi connectivity index (χ1) is 10.6. The molecule has 22 heavy (non-hydrogen) atoms. The Morgan fingerprint density at radius 1 is 1.14 bits per heavy atom. The lowest BCUT2D eigenvalue weighted by molar-refractivity contribution is 0.0983. The van der Waals surface area contributed by atoms with E-state index in [1.165, 1.54) is 6.07 Å². The molecule has 116 valence electrons. The summed E-state index contributed by atoms with van der Waals surface area (Å²) in [7, 11) is 0. The molecule has 3 rings (SSSR count). The average molecular weight is 324 g/mol. The fourth-order valence-electron chi connectivity index (χ4n) is 2.98. The molecular weight excluding hydrogens is 308 g/mol. The summed E-state index contributed by atoms with van der Waals surface area (Å²) < 4.78 is 28.2. The van der Waals surface area contributed by atoms with Crippen molar-refractivity contribution in [3.63, 3.8) is 0 Å². The van der Waals surface area contributed by atoms with Crippen molar-refractivity contribution in [2.24, 2.45) is 0 Å². The Bertz CT molecular complexity index is 724. The monoisotopic (exact) mass is 323 g/mol. The van der Waals surface area contributed by atoms with Gasteiger partial charge < -0.3 is 4.57 Å². The third-order valence-electron chi connectivity index (χ3n) is 4.06. The number of aryl methyl sites for hydroxylation is 1. The van der Waals surface area contributed by atoms with Crippen LogP contribution in [0.5, 0.6) is 0 Å². The lowest BCUT2D eigenvalue weighted by Gasteiger charge is -2.10. The molecule has 0 radical (unpaired) electrons. The normalized spacial score (nSPS) is 14.5. The van der Waals surface area contributed by atoms with Crippen LogP contribution >= 0.6 is 11.6 Å². The van der Waals surface area contributed by atoms with E-state index < -0.39 is 11.6 Å². The van der Waals surface area contributed by atoms with Gasteiger partial charge in [-0.15, -0.1) is 0 Å². The fourth-order valence-corrected chi connectivity index (χ4v) is 3.32. The summed E-state index contributed by atoms with van der Waals surface area (Å²) in [5, 5.41) is 0.449. The van der Waals surface area contributed by atoms with Gasteiger partial charge in [-0.3, -0.25) is 4.79 Å². The zero-order valence-electron chi connectivity index (χ0n) is 12.0. The minimum Gasteiger partial charge on any atom is -0.341 e. The van der Waals surface area contributed by atoms with E-state index in [4.69, 9.17) is 11.6 Å². The first-order valence-corrected chi connectivity index (χ1v) is 7.79. The van der Waals surface area contributed by atoms with Crippen molar-refractivity contribution in [2.75, 3.05) is 0 Å². The molecule has 1 aromatic carbocycles. The number of carbonyl (C=O) groups is 1. The van der Waals surface area contributed by atoms with Gasteiger partial charge >= 0.3 is 0 Å². The van der Waals surface area contributed by atoms with Crippen LogP contribution < -0.4 is 0 Å². The molecule has 0 aliphatic carbocycles. The minimum atomic E-state index is -0.939. The van der Waals surface area contributed by atoms with Gasteiger partial charge in [-0.05, 0) is 43.0 Å². The number of Topliss-reactive ketones (excluding diaryl/α,β-unsaturated/α-hetero) is 1. The van der Waals surface area contributed by atoms with Gasteiger partial charge in [0.25, 0.3) is 0 Å². The molecule has 0 atom stereocenters. The quantitative estimate of drug-likeness (QED) is 0.758. The van der Waals surface area contributed by atoms with Crippen LogP contribution in [-0.2, 0) is 19.4 Å². The molecule has 0 saturated carbocycles. The maximum Gasteiger partial charge on any atom is 0.185 e. The summed E-state index contributed by atoms with van der Waals surface area (Å²) in [5.74, 6) is -2.01. The largest absolute Gasteiger partial charge is 0.341 e. The van der Waals surface area contributed by atoms with Gasteiger partial charge in [0.15, 0.2) is 17.4 Å². The Labute approximate surface area is 132 Å². The number of halogens is 3. The van der Waals surface area contributed by atoms with Crippen molar-refractivity contribution in [1.29, 1.82) is 0 Å². The first-order valence-electron chi connectivity index (χ1n) is 7.41. The summed E-state index contributed by atoms with van der Waals surface area (Å²) in [6, 6.07) is 5.38. The summed E-state index contributed by atoms with van der Waals surface area (Å²) in [6.45, 7) is 0.779. The number of carbonyl (C=O) groups excluding carboxylic acids is 1. The maximum absolute atomic E-state index is 13.3. The molecule has 0 spiro atoms. The summed E-state index contributed by atoms with van der Waals surface area (Å²) in [5.41, 5.74) is 2.02. The van der Waals surface area contributed by atoms with Crippen LogP contribution in [0.2, 0.25) is 5.02 Å². The lowest BCUT2D eigenvalue weighted by Crippen LogP contribution is -2.13. The molecule has 1 aliphatic heterocycles. The van der Waals surface area contributed by atoms with Crippen molar-refractivity contribution in [1.82, 2.24) is 4.57 Å². The van der Waals surface area contributed by atoms with Crippen LogP contribution in [-0.4, -0.2) is 10.4 Å². The number of benzene rings is 1. The summed E-state index contributed by atoms with van der Waals surface area (Å²) in [6.07, 6.45) is 4.18. The van der Waals surface area contributed by atoms with Gasteiger partial charge in [0, 0.05) is 18.7 Å². The summed E-state index contributed by atoms with van der Waals surface area (Å²) in [4.78, 5) is 12.6. The zero-order chi connectivity index (χ0) is 15.7. The first kappa shape index (κ1) is 15.2. The molecule has 2 nitrogen and oxygen atoms in total. The molecule has 1 aliphatic rings. The van der Waals surface area contributed by atoms with E-state index in [9.17, 15) is 13.6 Å². The van der Waals surface area contributed by atoms with Crippen molar-refractivity contribution in [2.45, 2.75) is 38.6 Å². The highest BCUT2D eigenvalue weighted by atomic mass is 35.5. The fraction of sp³-hybridized carbons (Fsp3) is 0.353. The molecule has 0 amide bonds. The van der Waals surface area contributed by atoms with E-state index in [-0.39, 0.29) is 12.2 Å². The second-order valence-electron chi connectivity index (χ2n) is 5.64. The maximum atomic E-state index is 13.3. The third-order valence-corrected chi connectivity index (χ3v) is 4.35. The van der Waals surface area contributed by atoms with Crippen molar-refractivity contribution in [3.05, 3.63) is 57.9 Å². The third kappa shape index (κ3) is 2.93. The molecule has 0 unspecified atom stereocenters. The smallest absolute Gasteiger partial charge is 0.185 e. The van der Waals surface area contributed by atoms with Gasteiger partial charge in [-0.25, -0.2) is 8.78 Å². The second kappa shape index (κ2) is 6.21. The number of fused-ring (bicyclic) bond motifs is 1. The average Bonchev–Trinajstić information content (AvgIpc) is 2.64. The molecule has 5 heteroatoms. The Morgan fingerprint density at radius 2 is 1.95 bits per heavy atom.